The highest BCUT2D eigenvalue weighted by molar-refractivity contribution is 5.78. The molecule has 0 aliphatic carbocycles. The van der Waals surface area contributed by atoms with Gasteiger partial charge in [-0.15, -0.1) is 0 Å². The van der Waals surface area contributed by atoms with Crippen molar-refractivity contribution in [1.82, 2.24) is 20.7 Å². The molecule has 6 nitrogen and oxygen atoms in total. The molecule has 140 valence electrons. The molecule has 1 aliphatic heterocycles. The lowest BCUT2D eigenvalue weighted by molar-refractivity contribution is 0.312. The third-order valence-electron chi connectivity index (χ3n) is 4.41. The van der Waals surface area contributed by atoms with Crippen LogP contribution in [0, 0.1) is 0 Å². The van der Waals surface area contributed by atoms with Gasteiger partial charge in [0.05, 0.1) is 12.2 Å². The highest BCUT2D eigenvalue weighted by atomic mass is 15.6. The summed E-state index contributed by atoms with van der Waals surface area (Å²) in [5.74, 6) is 1.79. The van der Waals surface area contributed by atoms with Gasteiger partial charge in [0.1, 0.15) is 5.82 Å². The van der Waals surface area contributed by atoms with E-state index in [1.165, 1.54) is 0 Å². The Morgan fingerprint density at radius 1 is 1.15 bits per heavy atom. The molecule has 0 bridgehead atoms. The zero-order valence-corrected chi connectivity index (χ0v) is 16.3. The third-order valence-corrected chi connectivity index (χ3v) is 4.41. The Bertz CT molecular complexity index is 867. The standard InChI is InChI=1S/C21H26N6/c1-16(17-8-7-10-19(14-17)26(3)4)21-24-13-11-20(27(21)22-2)25-15-18-9-5-6-12-23-18/h5-14,22,25H,15H2,1-4H3/b21-16+. The first kappa shape index (κ1) is 18.7. The van der Waals surface area contributed by atoms with Crippen LogP contribution in [-0.2, 0) is 6.54 Å². The number of aromatic nitrogens is 1. The maximum Gasteiger partial charge on any atom is 0.152 e. The summed E-state index contributed by atoms with van der Waals surface area (Å²) in [6.07, 6.45) is 5.58. The minimum Gasteiger partial charge on any atom is -0.378 e. The molecular weight excluding hydrogens is 336 g/mol. The smallest absolute Gasteiger partial charge is 0.152 e. The summed E-state index contributed by atoms with van der Waals surface area (Å²) >= 11 is 0. The number of rotatable bonds is 6. The molecule has 27 heavy (non-hydrogen) atoms. The molecule has 0 spiro atoms. The molecule has 0 fully saturated rings. The van der Waals surface area contributed by atoms with E-state index in [0.29, 0.717) is 6.54 Å². The Labute approximate surface area is 160 Å². The fourth-order valence-corrected chi connectivity index (χ4v) is 2.88. The Morgan fingerprint density at radius 2 is 2.00 bits per heavy atom. The number of nitrogens with one attached hydrogen (secondary N) is 2. The Hall–Kier alpha value is -3.12. The number of nitrogens with zero attached hydrogens (tertiary/aromatic N) is 4. The van der Waals surface area contributed by atoms with Crippen LogP contribution in [0.4, 0.5) is 5.69 Å². The fraction of sp³-hybridized carbons (Fsp3) is 0.238. The molecule has 0 saturated heterocycles. The maximum atomic E-state index is 4.61. The predicted molar refractivity (Wildman–Crippen MR) is 112 cm³/mol. The topological polar surface area (TPSA) is 55.8 Å². The predicted octanol–water partition coefficient (Wildman–Crippen LogP) is 2.99. The molecule has 2 aromatic rings. The van der Waals surface area contributed by atoms with E-state index in [2.05, 4.69) is 56.8 Å². The first-order chi connectivity index (χ1) is 13.1. The zero-order valence-electron chi connectivity index (χ0n) is 16.3. The quantitative estimate of drug-likeness (QED) is 0.827. The van der Waals surface area contributed by atoms with Crippen molar-refractivity contribution >= 4 is 17.5 Å². The molecule has 1 aromatic carbocycles. The normalized spacial score (nSPS) is 15.4. The molecule has 2 N–H and O–H groups in total. The molecule has 1 aliphatic rings. The minimum atomic E-state index is 0.640. The van der Waals surface area contributed by atoms with E-state index in [1.807, 2.05) is 56.6 Å². The largest absolute Gasteiger partial charge is 0.378 e. The number of hydrazine groups is 1. The average Bonchev–Trinajstić information content (AvgIpc) is 2.72. The highest BCUT2D eigenvalue weighted by Gasteiger charge is 2.19. The van der Waals surface area contributed by atoms with Crippen molar-refractivity contribution in [2.75, 3.05) is 26.0 Å². The Kier molecular flexibility index (Phi) is 5.88. The second-order valence-corrected chi connectivity index (χ2v) is 6.46. The van der Waals surface area contributed by atoms with Gasteiger partial charge in [-0.2, -0.15) is 0 Å². The number of allylic oxidation sites excluding steroid dienone is 2. The van der Waals surface area contributed by atoms with E-state index in [-0.39, 0.29) is 0 Å². The van der Waals surface area contributed by atoms with E-state index in [1.54, 1.807) is 6.20 Å². The van der Waals surface area contributed by atoms with Gasteiger partial charge >= 0.3 is 0 Å². The lowest BCUT2D eigenvalue weighted by Crippen LogP contribution is -2.40. The fourth-order valence-electron chi connectivity index (χ4n) is 2.88. The summed E-state index contributed by atoms with van der Waals surface area (Å²) < 4.78 is 0. The SMILES string of the molecule is CNN1C(NCc2ccccn2)=CC=N/C1=C(/C)c1cccc(N(C)C)c1. The van der Waals surface area contributed by atoms with Crippen LogP contribution in [0.15, 0.2) is 71.4 Å². The molecular formula is C21H26N6. The summed E-state index contributed by atoms with van der Waals surface area (Å²) in [4.78, 5) is 11.1. The van der Waals surface area contributed by atoms with Gasteiger partial charge in [-0.3, -0.25) is 4.98 Å². The molecule has 0 atom stereocenters. The van der Waals surface area contributed by atoms with Crippen LogP contribution in [0.5, 0.6) is 0 Å². The van der Waals surface area contributed by atoms with Crippen LogP contribution in [0.25, 0.3) is 5.57 Å². The summed E-state index contributed by atoms with van der Waals surface area (Å²) in [5, 5.41) is 5.39. The van der Waals surface area contributed by atoms with Crippen LogP contribution < -0.4 is 15.6 Å². The van der Waals surface area contributed by atoms with Crippen molar-refractivity contribution in [3.05, 3.63) is 77.6 Å². The number of benzene rings is 1. The molecule has 0 saturated carbocycles. The van der Waals surface area contributed by atoms with E-state index < -0.39 is 0 Å². The van der Waals surface area contributed by atoms with Gasteiger partial charge in [-0.05, 0) is 42.8 Å². The first-order valence-corrected chi connectivity index (χ1v) is 8.94. The molecule has 0 unspecified atom stereocenters. The van der Waals surface area contributed by atoms with Crippen molar-refractivity contribution < 1.29 is 0 Å². The zero-order chi connectivity index (χ0) is 19.2. The first-order valence-electron chi connectivity index (χ1n) is 8.94. The van der Waals surface area contributed by atoms with E-state index in [0.717, 1.165) is 34.2 Å². The minimum absolute atomic E-state index is 0.640. The van der Waals surface area contributed by atoms with Gasteiger partial charge in [0, 0.05) is 44.8 Å². The number of pyridine rings is 1. The number of anilines is 1. The van der Waals surface area contributed by atoms with Crippen molar-refractivity contribution in [1.29, 1.82) is 0 Å². The van der Waals surface area contributed by atoms with Gasteiger partial charge in [-0.25, -0.2) is 15.4 Å². The molecule has 2 heterocycles. The van der Waals surface area contributed by atoms with E-state index >= 15 is 0 Å². The molecule has 0 amide bonds. The maximum absolute atomic E-state index is 4.61. The monoisotopic (exact) mass is 362 g/mol. The molecule has 1 aromatic heterocycles. The highest BCUT2D eigenvalue weighted by Crippen LogP contribution is 2.27. The molecule has 0 radical (unpaired) electrons. The second-order valence-electron chi connectivity index (χ2n) is 6.46. The van der Waals surface area contributed by atoms with Gasteiger partial charge in [0.25, 0.3) is 0 Å². The van der Waals surface area contributed by atoms with Crippen LogP contribution in [0.2, 0.25) is 0 Å². The Morgan fingerprint density at radius 3 is 2.70 bits per heavy atom. The summed E-state index contributed by atoms with van der Waals surface area (Å²) in [6.45, 7) is 2.73. The van der Waals surface area contributed by atoms with Crippen LogP contribution >= 0.6 is 0 Å². The lowest BCUT2D eigenvalue weighted by atomic mass is 10.1. The van der Waals surface area contributed by atoms with E-state index in [4.69, 9.17) is 0 Å². The third kappa shape index (κ3) is 4.35. The van der Waals surface area contributed by atoms with Crippen molar-refractivity contribution in [2.24, 2.45) is 4.99 Å². The summed E-state index contributed by atoms with van der Waals surface area (Å²) in [5.41, 5.74) is 7.60. The second kappa shape index (κ2) is 8.51. The van der Waals surface area contributed by atoms with Gasteiger partial charge in [-0.1, -0.05) is 18.2 Å². The Balaban J connectivity index is 1.85. The molecule has 6 heteroatoms. The number of hydrogen-bond acceptors (Lipinski definition) is 6. The average molecular weight is 362 g/mol. The van der Waals surface area contributed by atoms with Crippen LogP contribution in [0.1, 0.15) is 18.2 Å². The van der Waals surface area contributed by atoms with Gasteiger partial charge < -0.3 is 10.2 Å². The van der Waals surface area contributed by atoms with Crippen molar-refractivity contribution in [2.45, 2.75) is 13.5 Å². The number of aliphatic imine (C=N–C) groups is 1. The molecule has 3 rings (SSSR count). The van der Waals surface area contributed by atoms with E-state index in [9.17, 15) is 0 Å². The summed E-state index contributed by atoms with van der Waals surface area (Å²) in [6, 6.07) is 14.4. The van der Waals surface area contributed by atoms with Crippen molar-refractivity contribution in [3.8, 4) is 0 Å². The summed E-state index contributed by atoms with van der Waals surface area (Å²) in [7, 11) is 5.98. The van der Waals surface area contributed by atoms with Crippen LogP contribution in [-0.4, -0.2) is 37.4 Å². The lowest BCUT2D eigenvalue weighted by Gasteiger charge is -2.30. The van der Waals surface area contributed by atoms with Gasteiger partial charge in [0.2, 0.25) is 0 Å². The van der Waals surface area contributed by atoms with Crippen molar-refractivity contribution in [3.63, 3.8) is 0 Å². The van der Waals surface area contributed by atoms with Crippen LogP contribution in [0.3, 0.4) is 0 Å². The van der Waals surface area contributed by atoms with Gasteiger partial charge in [0.15, 0.2) is 5.82 Å². The number of hydrogen-bond donors (Lipinski definition) is 2.